The van der Waals surface area contributed by atoms with Crippen LogP contribution in [0.3, 0.4) is 0 Å². The zero-order valence-electron chi connectivity index (χ0n) is 14.7. The molecular formula is C21H19FN2O3. The molecule has 2 heterocycles. The SMILES string of the molecule is O=C(OCc1ccccc1)c1c(-c2cc(CO)ccc2F)nn2c1CCC2. The van der Waals surface area contributed by atoms with E-state index in [-0.39, 0.29) is 24.5 Å². The van der Waals surface area contributed by atoms with E-state index in [0.717, 1.165) is 17.7 Å². The van der Waals surface area contributed by atoms with Crippen LogP contribution in [0.15, 0.2) is 48.5 Å². The number of aliphatic hydroxyl groups is 1. The van der Waals surface area contributed by atoms with Gasteiger partial charge in [-0.15, -0.1) is 0 Å². The van der Waals surface area contributed by atoms with Crippen LogP contribution in [0.5, 0.6) is 0 Å². The molecule has 1 aromatic heterocycles. The molecule has 1 aliphatic heterocycles. The van der Waals surface area contributed by atoms with Crippen LogP contribution in [0.2, 0.25) is 0 Å². The van der Waals surface area contributed by atoms with Crippen LogP contribution in [0.25, 0.3) is 11.3 Å². The van der Waals surface area contributed by atoms with Gasteiger partial charge in [-0.25, -0.2) is 9.18 Å². The lowest BCUT2D eigenvalue weighted by molar-refractivity contribution is 0.0472. The number of benzene rings is 2. The fourth-order valence-corrected chi connectivity index (χ4v) is 3.38. The molecule has 2 aromatic carbocycles. The maximum absolute atomic E-state index is 14.5. The van der Waals surface area contributed by atoms with Crippen LogP contribution in [-0.4, -0.2) is 20.9 Å². The van der Waals surface area contributed by atoms with Crippen molar-refractivity contribution in [3.63, 3.8) is 0 Å². The Kier molecular flexibility index (Phi) is 4.73. The third-order valence-corrected chi connectivity index (χ3v) is 4.73. The van der Waals surface area contributed by atoms with E-state index >= 15 is 0 Å². The van der Waals surface area contributed by atoms with Crippen molar-refractivity contribution in [2.45, 2.75) is 32.6 Å². The molecule has 138 valence electrons. The maximum Gasteiger partial charge on any atom is 0.342 e. The Balaban J connectivity index is 1.71. The monoisotopic (exact) mass is 366 g/mol. The maximum atomic E-state index is 14.5. The van der Waals surface area contributed by atoms with Crippen LogP contribution in [0.1, 0.15) is 33.6 Å². The molecular weight excluding hydrogens is 347 g/mol. The zero-order chi connectivity index (χ0) is 18.8. The molecule has 0 saturated heterocycles. The van der Waals surface area contributed by atoms with Crippen molar-refractivity contribution in [2.75, 3.05) is 0 Å². The molecule has 3 aromatic rings. The highest BCUT2D eigenvalue weighted by atomic mass is 19.1. The number of hydrogen-bond acceptors (Lipinski definition) is 4. The first-order chi connectivity index (χ1) is 13.2. The van der Waals surface area contributed by atoms with Gasteiger partial charge in [-0.3, -0.25) is 4.68 Å². The first-order valence-corrected chi connectivity index (χ1v) is 8.87. The van der Waals surface area contributed by atoms with Gasteiger partial charge in [0, 0.05) is 12.1 Å². The second kappa shape index (κ2) is 7.32. The van der Waals surface area contributed by atoms with Gasteiger partial charge >= 0.3 is 5.97 Å². The molecule has 0 spiro atoms. The summed E-state index contributed by atoms with van der Waals surface area (Å²) in [4.78, 5) is 12.9. The number of carbonyl (C=O) groups is 1. The van der Waals surface area contributed by atoms with Crippen molar-refractivity contribution < 1.29 is 19.0 Å². The molecule has 1 N–H and O–H groups in total. The summed E-state index contributed by atoms with van der Waals surface area (Å²) in [6.07, 6.45) is 1.59. The van der Waals surface area contributed by atoms with Gasteiger partial charge in [0.1, 0.15) is 23.7 Å². The summed E-state index contributed by atoms with van der Waals surface area (Å²) in [7, 11) is 0. The smallest absolute Gasteiger partial charge is 0.342 e. The lowest BCUT2D eigenvalue weighted by Crippen LogP contribution is -2.09. The third kappa shape index (κ3) is 3.36. The number of nitrogens with zero attached hydrogens (tertiary/aromatic N) is 2. The fraction of sp³-hybridized carbons (Fsp3) is 0.238. The van der Waals surface area contributed by atoms with Gasteiger partial charge in [0.2, 0.25) is 0 Å². The van der Waals surface area contributed by atoms with E-state index in [1.165, 1.54) is 18.2 Å². The molecule has 0 aliphatic carbocycles. The van der Waals surface area contributed by atoms with E-state index in [0.29, 0.717) is 24.1 Å². The number of carbonyl (C=O) groups excluding carboxylic acids is 1. The number of esters is 1. The molecule has 27 heavy (non-hydrogen) atoms. The molecule has 6 heteroatoms. The van der Waals surface area contributed by atoms with Gasteiger partial charge in [0.15, 0.2) is 0 Å². The summed E-state index contributed by atoms with van der Waals surface area (Å²) in [5.41, 5.74) is 3.01. The average molecular weight is 366 g/mol. The third-order valence-electron chi connectivity index (χ3n) is 4.73. The number of rotatable bonds is 5. The van der Waals surface area contributed by atoms with Crippen molar-refractivity contribution in [3.05, 3.63) is 76.7 Å². The minimum Gasteiger partial charge on any atom is -0.457 e. The Morgan fingerprint density at radius 1 is 1.19 bits per heavy atom. The fourth-order valence-electron chi connectivity index (χ4n) is 3.38. The standard InChI is InChI=1S/C21H19FN2O3/c22-17-9-8-15(12-25)11-16(17)20-19(18-7-4-10-24(18)23-20)21(26)27-13-14-5-2-1-3-6-14/h1-3,5-6,8-9,11,25H,4,7,10,12-13H2. The molecule has 0 bridgehead atoms. The number of aromatic nitrogens is 2. The summed E-state index contributed by atoms with van der Waals surface area (Å²) < 4.78 is 21.7. The summed E-state index contributed by atoms with van der Waals surface area (Å²) in [5, 5.41) is 13.8. The Morgan fingerprint density at radius 3 is 2.78 bits per heavy atom. The van der Waals surface area contributed by atoms with E-state index in [1.807, 2.05) is 30.3 Å². The molecule has 0 atom stereocenters. The van der Waals surface area contributed by atoms with Crippen LogP contribution in [0, 0.1) is 5.82 Å². The highest BCUT2D eigenvalue weighted by molar-refractivity contribution is 5.97. The highest BCUT2D eigenvalue weighted by Gasteiger charge is 2.29. The van der Waals surface area contributed by atoms with Gasteiger partial charge in [0.25, 0.3) is 0 Å². The van der Waals surface area contributed by atoms with Gasteiger partial charge in [0.05, 0.1) is 12.3 Å². The summed E-state index contributed by atoms with van der Waals surface area (Å²) in [5.74, 6) is -0.994. The van der Waals surface area contributed by atoms with E-state index in [1.54, 1.807) is 4.68 Å². The van der Waals surface area contributed by atoms with Gasteiger partial charge in [-0.1, -0.05) is 36.4 Å². The average Bonchev–Trinajstić information content (AvgIpc) is 3.28. The van der Waals surface area contributed by atoms with Gasteiger partial charge in [-0.2, -0.15) is 5.10 Å². The highest BCUT2D eigenvalue weighted by Crippen LogP contribution is 2.32. The Morgan fingerprint density at radius 2 is 2.00 bits per heavy atom. The van der Waals surface area contributed by atoms with E-state index in [2.05, 4.69) is 5.10 Å². The van der Waals surface area contributed by atoms with Crippen LogP contribution in [0.4, 0.5) is 4.39 Å². The Labute approximate surface area is 156 Å². The van der Waals surface area contributed by atoms with Crippen molar-refractivity contribution >= 4 is 5.97 Å². The quantitative estimate of drug-likeness (QED) is 0.702. The molecule has 0 amide bonds. The number of hydrogen-bond donors (Lipinski definition) is 1. The van der Waals surface area contributed by atoms with Crippen molar-refractivity contribution in [1.82, 2.24) is 9.78 Å². The van der Waals surface area contributed by atoms with Gasteiger partial charge < -0.3 is 9.84 Å². The first kappa shape index (κ1) is 17.4. The lowest BCUT2D eigenvalue weighted by Gasteiger charge is -2.08. The number of aryl methyl sites for hydroxylation is 1. The summed E-state index contributed by atoms with van der Waals surface area (Å²) >= 11 is 0. The van der Waals surface area contributed by atoms with Crippen LogP contribution >= 0.6 is 0 Å². The first-order valence-electron chi connectivity index (χ1n) is 8.87. The summed E-state index contributed by atoms with van der Waals surface area (Å²) in [6, 6.07) is 13.7. The predicted octanol–water partition coefficient (Wildman–Crippen LogP) is 3.48. The second-order valence-corrected chi connectivity index (χ2v) is 6.53. The van der Waals surface area contributed by atoms with E-state index in [4.69, 9.17) is 4.74 Å². The largest absolute Gasteiger partial charge is 0.457 e. The minimum absolute atomic E-state index is 0.142. The number of aliphatic hydroxyl groups excluding tert-OH is 1. The Bertz CT molecular complexity index is 983. The van der Waals surface area contributed by atoms with Crippen LogP contribution < -0.4 is 0 Å². The van der Waals surface area contributed by atoms with Gasteiger partial charge in [-0.05, 0) is 36.1 Å². The molecule has 5 nitrogen and oxygen atoms in total. The zero-order valence-corrected chi connectivity index (χ0v) is 14.7. The van der Waals surface area contributed by atoms with Crippen LogP contribution in [-0.2, 0) is 30.9 Å². The van der Waals surface area contributed by atoms with E-state index < -0.39 is 11.8 Å². The van der Waals surface area contributed by atoms with Crippen molar-refractivity contribution in [2.24, 2.45) is 0 Å². The topological polar surface area (TPSA) is 64.3 Å². The Hall–Kier alpha value is -2.99. The molecule has 0 radical (unpaired) electrons. The number of ether oxygens (including phenoxy) is 1. The van der Waals surface area contributed by atoms with E-state index in [9.17, 15) is 14.3 Å². The molecule has 0 saturated carbocycles. The second-order valence-electron chi connectivity index (χ2n) is 6.53. The minimum atomic E-state index is -0.509. The number of fused-ring (bicyclic) bond motifs is 1. The molecule has 4 rings (SSSR count). The molecule has 1 aliphatic rings. The van der Waals surface area contributed by atoms with Crippen molar-refractivity contribution in [3.8, 4) is 11.3 Å². The van der Waals surface area contributed by atoms with Crippen molar-refractivity contribution in [1.29, 1.82) is 0 Å². The lowest BCUT2D eigenvalue weighted by atomic mass is 10.0. The normalized spacial score (nSPS) is 12.8. The molecule has 0 unspecified atom stereocenters. The number of halogens is 1. The predicted molar refractivity (Wildman–Crippen MR) is 97.4 cm³/mol. The molecule has 0 fully saturated rings. The summed E-state index contributed by atoms with van der Waals surface area (Å²) in [6.45, 7) is 0.618.